The fraction of sp³-hybridized carbons (Fsp3) is 0.577. The topological polar surface area (TPSA) is 55.8 Å². The number of aliphatic hydroxyl groups excluding tert-OH is 1. The van der Waals surface area contributed by atoms with Crippen LogP contribution < -0.4 is 0 Å². The molecule has 0 aliphatic rings. The minimum absolute atomic E-state index is 0.203. The van der Waals surface area contributed by atoms with Gasteiger partial charge in [-0.05, 0) is 51.4 Å². The first-order chi connectivity index (χ1) is 14.7. The first-order valence-electron chi connectivity index (χ1n) is 11.4. The molecule has 0 radical (unpaired) electrons. The molecule has 0 fully saturated rings. The molecule has 0 aromatic rings. The molecule has 30 heavy (non-hydrogen) atoms. The molecule has 1 atom stereocenters. The summed E-state index contributed by atoms with van der Waals surface area (Å²) in [6.07, 6.45) is 29.9. The lowest BCUT2D eigenvalue weighted by molar-refractivity contribution is -0.154. The van der Waals surface area contributed by atoms with Crippen molar-refractivity contribution in [3.8, 4) is 0 Å². The second-order valence-electron chi connectivity index (χ2n) is 6.93. The number of rotatable bonds is 19. The molecule has 0 heterocycles. The third-order valence-corrected chi connectivity index (χ3v) is 4.16. The number of aliphatic hydroxyl groups is 1. The van der Waals surface area contributed by atoms with Gasteiger partial charge in [-0.2, -0.15) is 0 Å². The van der Waals surface area contributed by atoms with Crippen LogP contribution in [-0.4, -0.2) is 37.0 Å². The Morgan fingerprint density at radius 2 is 1.33 bits per heavy atom. The van der Waals surface area contributed by atoms with Crippen molar-refractivity contribution in [3.05, 3.63) is 60.8 Å². The molecular formula is C26H42O4. The predicted molar refractivity (Wildman–Crippen MR) is 126 cm³/mol. The van der Waals surface area contributed by atoms with E-state index in [9.17, 15) is 4.79 Å². The van der Waals surface area contributed by atoms with Gasteiger partial charge in [0.25, 0.3) is 0 Å². The van der Waals surface area contributed by atoms with Crippen LogP contribution in [0.2, 0.25) is 0 Å². The van der Waals surface area contributed by atoms with Crippen molar-refractivity contribution in [3.63, 3.8) is 0 Å². The number of carbonyl (C=O) groups is 1. The van der Waals surface area contributed by atoms with Crippen molar-refractivity contribution >= 4 is 5.97 Å². The molecule has 0 bridgehead atoms. The Balaban J connectivity index is 3.53. The van der Waals surface area contributed by atoms with Crippen LogP contribution in [-0.2, 0) is 14.3 Å². The van der Waals surface area contributed by atoms with Crippen LogP contribution in [0.3, 0.4) is 0 Å². The van der Waals surface area contributed by atoms with Gasteiger partial charge in [-0.15, -0.1) is 0 Å². The highest BCUT2D eigenvalue weighted by atomic mass is 16.6. The van der Waals surface area contributed by atoms with Gasteiger partial charge in [0.2, 0.25) is 0 Å². The third kappa shape index (κ3) is 20.8. The molecule has 1 unspecified atom stereocenters. The lowest BCUT2D eigenvalue weighted by atomic mass is 10.2. The highest BCUT2D eigenvalue weighted by molar-refractivity contribution is 5.69. The van der Waals surface area contributed by atoms with Crippen molar-refractivity contribution in [2.75, 3.05) is 19.8 Å². The summed E-state index contributed by atoms with van der Waals surface area (Å²) < 4.78 is 10.5. The van der Waals surface area contributed by atoms with Crippen molar-refractivity contribution in [2.24, 2.45) is 0 Å². The van der Waals surface area contributed by atoms with E-state index >= 15 is 0 Å². The largest absolute Gasteiger partial charge is 0.457 e. The molecule has 0 amide bonds. The molecule has 4 nitrogen and oxygen atoms in total. The van der Waals surface area contributed by atoms with Gasteiger partial charge in [-0.3, -0.25) is 4.79 Å². The average molecular weight is 419 g/mol. The molecule has 0 spiro atoms. The second kappa shape index (κ2) is 23.4. The Bertz CT molecular complexity index is 529. The zero-order valence-corrected chi connectivity index (χ0v) is 19.0. The SMILES string of the molecule is CC/C=C\C/C=C\C/C=C\C/C=C\C/C=C\CCCCOCC(CO)OC(=O)CC. The molecule has 4 heteroatoms. The van der Waals surface area contributed by atoms with Crippen molar-refractivity contribution in [1.82, 2.24) is 0 Å². The van der Waals surface area contributed by atoms with Crippen molar-refractivity contribution in [2.45, 2.75) is 77.7 Å². The van der Waals surface area contributed by atoms with Gasteiger partial charge in [0.05, 0.1) is 13.2 Å². The highest BCUT2D eigenvalue weighted by Gasteiger charge is 2.11. The monoisotopic (exact) mass is 418 g/mol. The summed E-state index contributed by atoms with van der Waals surface area (Å²) in [5, 5.41) is 9.15. The molecule has 0 aliphatic carbocycles. The summed E-state index contributed by atoms with van der Waals surface area (Å²) in [7, 11) is 0. The minimum Gasteiger partial charge on any atom is -0.457 e. The number of allylic oxidation sites excluding steroid dienone is 10. The van der Waals surface area contributed by atoms with Crippen LogP contribution in [0.4, 0.5) is 0 Å². The fourth-order valence-corrected chi connectivity index (χ4v) is 2.44. The van der Waals surface area contributed by atoms with Gasteiger partial charge in [-0.25, -0.2) is 0 Å². The normalized spacial score (nSPS) is 13.6. The van der Waals surface area contributed by atoms with Gasteiger partial charge in [-0.1, -0.05) is 74.6 Å². The van der Waals surface area contributed by atoms with E-state index in [1.54, 1.807) is 6.92 Å². The number of hydrogen-bond donors (Lipinski definition) is 1. The number of unbranched alkanes of at least 4 members (excludes halogenated alkanes) is 2. The Morgan fingerprint density at radius 1 is 0.800 bits per heavy atom. The van der Waals surface area contributed by atoms with E-state index in [0.29, 0.717) is 13.0 Å². The van der Waals surface area contributed by atoms with E-state index in [4.69, 9.17) is 14.6 Å². The number of ether oxygens (including phenoxy) is 2. The lowest BCUT2D eigenvalue weighted by Gasteiger charge is -2.15. The summed E-state index contributed by atoms with van der Waals surface area (Å²) in [5.41, 5.74) is 0. The molecule has 0 saturated carbocycles. The maximum atomic E-state index is 11.2. The second-order valence-corrected chi connectivity index (χ2v) is 6.93. The lowest BCUT2D eigenvalue weighted by Crippen LogP contribution is -2.27. The molecule has 0 aromatic heterocycles. The van der Waals surface area contributed by atoms with E-state index in [2.05, 4.69) is 67.7 Å². The zero-order chi connectivity index (χ0) is 22.1. The van der Waals surface area contributed by atoms with Crippen LogP contribution in [0.1, 0.15) is 71.6 Å². The number of carbonyl (C=O) groups excluding carboxylic acids is 1. The molecule has 0 aromatic carbocycles. The number of hydrogen-bond acceptors (Lipinski definition) is 4. The van der Waals surface area contributed by atoms with Crippen molar-refractivity contribution < 1.29 is 19.4 Å². The standard InChI is InChI=1S/C26H42O4/c1-3-5-6-7-8-9-10-11-12-13-14-15-16-17-18-19-20-21-22-29-24-25(23-27)30-26(28)4-2/h5-6,8-9,11-12,14-15,17-18,25,27H,3-4,7,10,13,16,19-24H2,1-2H3/b6-5-,9-8-,12-11-,15-14-,18-17-. The highest BCUT2D eigenvalue weighted by Crippen LogP contribution is 2.01. The third-order valence-electron chi connectivity index (χ3n) is 4.16. The van der Waals surface area contributed by atoms with Crippen LogP contribution >= 0.6 is 0 Å². The number of esters is 1. The molecule has 0 saturated heterocycles. The first kappa shape index (κ1) is 28.1. The van der Waals surface area contributed by atoms with E-state index in [-0.39, 0.29) is 19.2 Å². The van der Waals surface area contributed by atoms with Crippen LogP contribution in [0, 0.1) is 0 Å². The quantitative estimate of drug-likeness (QED) is 0.153. The van der Waals surface area contributed by atoms with Gasteiger partial charge in [0, 0.05) is 13.0 Å². The van der Waals surface area contributed by atoms with Crippen LogP contribution in [0.25, 0.3) is 0 Å². The summed E-state index contributed by atoms with van der Waals surface area (Å²) in [4.78, 5) is 11.2. The van der Waals surface area contributed by atoms with Crippen LogP contribution in [0.15, 0.2) is 60.8 Å². The summed E-state index contributed by atoms with van der Waals surface area (Å²) in [6.45, 7) is 4.55. The Kier molecular flexibility index (Phi) is 21.9. The Labute approximate surface area is 184 Å². The van der Waals surface area contributed by atoms with Gasteiger partial charge < -0.3 is 14.6 Å². The van der Waals surface area contributed by atoms with E-state index < -0.39 is 6.10 Å². The predicted octanol–water partition coefficient (Wildman–Crippen LogP) is 6.24. The summed E-state index contributed by atoms with van der Waals surface area (Å²) in [6, 6.07) is 0. The van der Waals surface area contributed by atoms with Crippen LogP contribution in [0.5, 0.6) is 0 Å². The molecule has 0 rings (SSSR count). The maximum absolute atomic E-state index is 11.2. The Hall–Kier alpha value is -1.91. The van der Waals surface area contributed by atoms with Crippen molar-refractivity contribution in [1.29, 1.82) is 0 Å². The maximum Gasteiger partial charge on any atom is 0.305 e. The molecular weight excluding hydrogens is 376 g/mol. The molecule has 0 aliphatic heterocycles. The average Bonchev–Trinajstić information content (AvgIpc) is 2.76. The molecule has 1 N–H and O–H groups in total. The zero-order valence-electron chi connectivity index (χ0n) is 19.0. The van der Waals surface area contributed by atoms with E-state index in [0.717, 1.165) is 51.4 Å². The Morgan fingerprint density at radius 3 is 1.83 bits per heavy atom. The fourth-order valence-electron chi connectivity index (χ4n) is 2.44. The summed E-state index contributed by atoms with van der Waals surface area (Å²) >= 11 is 0. The van der Waals surface area contributed by atoms with Gasteiger partial charge >= 0.3 is 5.97 Å². The van der Waals surface area contributed by atoms with Gasteiger partial charge in [0.15, 0.2) is 0 Å². The summed E-state index contributed by atoms with van der Waals surface area (Å²) in [5.74, 6) is -0.309. The molecule has 170 valence electrons. The van der Waals surface area contributed by atoms with Gasteiger partial charge in [0.1, 0.15) is 6.10 Å². The first-order valence-corrected chi connectivity index (χ1v) is 11.4. The minimum atomic E-state index is -0.552. The smallest absolute Gasteiger partial charge is 0.305 e. The van der Waals surface area contributed by atoms with E-state index in [1.165, 1.54) is 0 Å². The van der Waals surface area contributed by atoms with E-state index in [1.807, 2.05) is 0 Å².